The number of aryl methyl sites for hydroxylation is 1. The summed E-state index contributed by atoms with van der Waals surface area (Å²) in [7, 11) is 1.64. The minimum absolute atomic E-state index is 0.0434. The quantitative estimate of drug-likeness (QED) is 0.874. The molecule has 2 amide bonds. The van der Waals surface area contributed by atoms with Gasteiger partial charge in [-0.3, -0.25) is 9.59 Å². The van der Waals surface area contributed by atoms with E-state index in [0.717, 1.165) is 29.3 Å². The number of hydrogen-bond acceptors (Lipinski definition) is 3. The fourth-order valence-electron chi connectivity index (χ4n) is 4.36. The Bertz CT molecular complexity index is 894. The molecule has 27 heavy (non-hydrogen) atoms. The molecule has 7 heteroatoms. The monoisotopic (exact) mass is 389 g/mol. The highest BCUT2D eigenvalue weighted by Gasteiger charge is 2.42. The Labute approximate surface area is 163 Å². The molecule has 0 unspecified atom stereocenters. The maximum atomic E-state index is 13.3. The third kappa shape index (κ3) is 3.21. The fourth-order valence-corrected chi connectivity index (χ4v) is 4.53. The molecule has 2 bridgehead atoms. The lowest BCUT2D eigenvalue weighted by molar-refractivity contribution is -0.140. The van der Waals surface area contributed by atoms with Crippen LogP contribution in [0.1, 0.15) is 28.9 Å². The molecular weight excluding hydrogens is 366 g/mol. The van der Waals surface area contributed by atoms with Crippen LogP contribution >= 0.6 is 11.6 Å². The van der Waals surface area contributed by atoms with Gasteiger partial charge in [-0.2, -0.15) is 0 Å². The van der Waals surface area contributed by atoms with Gasteiger partial charge >= 0.3 is 0 Å². The molecule has 5 rings (SSSR count). The molecule has 1 aromatic carbocycles. The van der Waals surface area contributed by atoms with Crippen molar-refractivity contribution in [3.05, 3.63) is 34.5 Å². The number of nitrogens with zero attached hydrogens (tertiary/aromatic N) is 2. The van der Waals surface area contributed by atoms with Crippen molar-refractivity contribution in [2.24, 2.45) is 5.92 Å². The van der Waals surface area contributed by atoms with Gasteiger partial charge in [0.25, 0.3) is 5.91 Å². The minimum atomic E-state index is -0.122. The second-order valence-electron chi connectivity index (χ2n) is 7.48. The molecule has 144 valence electrons. The number of carbonyl (C=O) groups excluding carboxylic acids is 2. The van der Waals surface area contributed by atoms with Crippen LogP contribution in [0.3, 0.4) is 0 Å². The molecule has 1 aromatic heterocycles. The van der Waals surface area contributed by atoms with Crippen molar-refractivity contribution in [1.29, 1.82) is 0 Å². The number of halogens is 1. The van der Waals surface area contributed by atoms with E-state index >= 15 is 0 Å². The molecule has 6 nitrogen and oxygen atoms in total. The number of aromatic amines is 1. The summed E-state index contributed by atoms with van der Waals surface area (Å²) in [5.41, 5.74) is 2.39. The summed E-state index contributed by atoms with van der Waals surface area (Å²) in [6.45, 7) is 4.09. The normalized spacial score (nSPS) is 22.6. The van der Waals surface area contributed by atoms with E-state index in [0.29, 0.717) is 37.0 Å². The third-order valence-electron chi connectivity index (χ3n) is 5.85. The number of aromatic nitrogens is 1. The molecule has 1 N–H and O–H groups in total. The maximum absolute atomic E-state index is 13.3. The average Bonchev–Trinajstić information content (AvgIpc) is 2.81. The molecule has 0 aliphatic carbocycles. The van der Waals surface area contributed by atoms with E-state index in [1.165, 1.54) is 0 Å². The SMILES string of the molecule is COCCN1C(=O)[C@H]2CC[C@@H]1CN(C(=O)c1[nH]c3ccc(Cl)cc3c1C)C2. The van der Waals surface area contributed by atoms with Crippen LogP contribution < -0.4 is 0 Å². The van der Waals surface area contributed by atoms with E-state index in [9.17, 15) is 9.59 Å². The number of fused-ring (bicyclic) bond motifs is 5. The van der Waals surface area contributed by atoms with Crippen molar-refractivity contribution in [3.8, 4) is 0 Å². The largest absolute Gasteiger partial charge is 0.383 e. The van der Waals surface area contributed by atoms with Crippen LogP contribution in [0.15, 0.2) is 18.2 Å². The van der Waals surface area contributed by atoms with E-state index < -0.39 is 0 Å². The van der Waals surface area contributed by atoms with E-state index in [4.69, 9.17) is 16.3 Å². The number of amides is 2. The number of carbonyl (C=O) groups is 2. The highest BCUT2D eigenvalue weighted by atomic mass is 35.5. The molecule has 3 aliphatic rings. The van der Waals surface area contributed by atoms with Crippen molar-refractivity contribution in [3.63, 3.8) is 0 Å². The molecule has 4 heterocycles. The first-order valence-corrected chi connectivity index (χ1v) is 9.74. The first-order valence-electron chi connectivity index (χ1n) is 9.36. The second-order valence-corrected chi connectivity index (χ2v) is 7.91. The second kappa shape index (κ2) is 7.17. The summed E-state index contributed by atoms with van der Waals surface area (Å²) < 4.78 is 5.15. The Hall–Kier alpha value is -2.05. The summed E-state index contributed by atoms with van der Waals surface area (Å²) in [6, 6.07) is 5.65. The van der Waals surface area contributed by atoms with Gasteiger partial charge in [-0.05, 0) is 43.5 Å². The smallest absolute Gasteiger partial charge is 0.270 e. The zero-order chi connectivity index (χ0) is 19.1. The number of piperidine rings is 1. The summed E-state index contributed by atoms with van der Waals surface area (Å²) in [5.74, 6) is -0.0134. The van der Waals surface area contributed by atoms with Gasteiger partial charge in [-0.1, -0.05) is 11.6 Å². The highest BCUT2D eigenvalue weighted by molar-refractivity contribution is 6.31. The van der Waals surface area contributed by atoms with Crippen LogP contribution in [0.5, 0.6) is 0 Å². The van der Waals surface area contributed by atoms with Gasteiger partial charge in [-0.25, -0.2) is 0 Å². The number of hydrogen-bond donors (Lipinski definition) is 1. The summed E-state index contributed by atoms with van der Waals surface area (Å²) >= 11 is 6.11. The first kappa shape index (κ1) is 18.3. The summed E-state index contributed by atoms with van der Waals surface area (Å²) in [4.78, 5) is 33.0. The van der Waals surface area contributed by atoms with Gasteiger partial charge in [0, 0.05) is 48.7 Å². The van der Waals surface area contributed by atoms with Crippen LogP contribution in [-0.2, 0) is 9.53 Å². The van der Waals surface area contributed by atoms with Crippen molar-refractivity contribution < 1.29 is 14.3 Å². The predicted molar refractivity (Wildman–Crippen MR) is 104 cm³/mol. The highest BCUT2D eigenvalue weighted by Crippen LogP contribution is 2.31. The molecule has 3 saturated heterocycles. The number of methoxy groups -OCH3 is 1. The number of H-pyrrole nitrogens is 1. The van der Waals surface area contributed by atoms with Crippen LogP contribution in [0.2, 0.25) is 5.02 Å². The number of benzene rings is 1. The van der Waals surface area contributed by atoms with Crippen molar-refractivity contribution >= 4 is 34.3 Å². The number of nitrogens with one attached hydrogen (secondary N) is 1. The van der Waals surface area contributed by atoms with Crippen molar-refractivity contribution in [1.82, 2.24) is 14.8 Å². The Morgan fingerprint density at radius 1 is 1.33 bits per heavy atom. The van der Waals surface area contributed by atoms with Gasteiger partial charge in [0.05, 0.1) is 12.5 Å². The van der Waals surface area contributed by atoms with E-state index in [2.05, 4.69) is 4.98 Å². The molecule has 2 atom stereocenters. The van der Waals surface area contributed by atoms with E-state index in [1.54, 1.807) is 7.11 Å². The third-order valence-corrected chi connectivity index (χ3v) is 6.09. The lowest BCUT2D eigenvalue weighted by Crippen LogP contribution is -2.49. The van der Waals surface area contributed by atoms with Crippen LogP contribution in [-0.4, -0.2) is 66.0 Å². The zero-order valence-corrected chi connectivity index (χ0v) is 16.4. The molecule has 3 fully saturated rings. The van der Waals surface area contributed by atoms with E-state index in [1.807, 2.05) is 34.9 Å². The lowest BCUT2D eigenvalue weighted by atomic mass is 9.94. The minimum Gasteiger partial charge on any atom is -0.383 e. The Morgan fingerprint density at radius 3 is 2.93 bits per heavy atom. The standard InChI is InChI=1S/C20H24ClN3O3/c1-12-16-9-14(21)4-6-17(16)22-18(12)20(26)23-10-13-3-5-15(11-23)24(19(13)25)7-8-27-2/h4,6,9,13,15,22H,3,5,7-8,10-11H2,1-2H3/t13-,15+/m0/s1. The number of ether oxygens (including phenoxy) is 1. The topological polar surface area (TPSA) is 65.6 Å². The van der Waals surface area contributed by atoms with E-state index in [-0.39, 0.29) is 23.8 Å². The molecule has 3 aliphatic heterocycles. The van der Waals surface area contributed by atoms with Gasteiger partial charge < -0.3 is 19.5 Å². The number of rotatable bonds is 4. The van der Waals surface area contributed by atoms with Gasteiger partial charge in [0.2, 0.25) is 5.91 Å². The summed E-state index contributed by atoms with van der Waals surface area (Å²) in [6.07, 6.45) is 1.78. The Morgan fingerprint density at radius 2 is 2.15 bits per heavy atom. The predicted octanol–water partition coefficient (Wildman–Crippen LogP) is 2.84. The van der Waals surface area contributed by atoms with Gasteiger partial charge in [-0.15, -0.1) is 0 Å². The first-order chi connectivity index (χ1) is 13.0. The van der Waals surface area contributed by atoms with Crippen molar-refractivity contribution in [2.45, 2.75) is 25.8 Å². The molecular formula is C20H24ClN3O3. The molecule has 0 spiro atoms. The molecule has 0 radical (unpaired) electrons. The Balaban J connectivity index is 1.62. The van der Waals surface area contributed by atoms with Crippen LogP contribution in [0.4, 0.5) is 0 Å². The lowest BCUT2D eigenvalue weighted by Gasteiger charge is -2.35. The Kier molecular flexibility index (Phi) is 4.86. The molecule has 0 saturated carbocycles. The zero-order valence-electron chi connectivity index (χ0n) is 15.6. The van der Waals surface area contributed by atoms with Gasteiger partial charge in [0.15, 0.2) is 0 Å². The van der Waals surface area contributed by atoms with Crippen LogP contribution in [0.25, 0.3) is 10.9 Å². The summed E-state index contributed by atoms with van der Waals surface area (Å²) in [5, 5.41) is 1.61. The van der Waals surface area contributed by atoms with Crippen LogP contribution in [0, 0.1) is 12.8 Å². The molecule has 2 aromatic rings. The maximum Gasteiger partial charge on any atom is 0.270 e. The van der Waals surface area contributed by atoms with Gasteiger partial charge in [0.1, 0.15) is 5.69 Å². The fraction of sp³-hybridized carbons (Fsp3) is 0.500. The average molecular weight is 390 g/mol. The van der Waals surface area contributed by atoms with Crippen molar-refractivity contribution in [2.75, 3.05) is 33.4 Å².